The Morgan fingerprint density at radius 3 is 2.80 bits per heavy atom. The fourth-order valence-electron chi connectivity index (χ4n) is 1.75. The van der Waals surface area contributed by atoms with Gasteiger partial charge in [-0.25, -0.2) is 4.98 Å². The summed E-state index contributed by atoms with van der Waals surface area (Å²) in [6.45, 7) is 5.94. The Balaban J connectivity index is 1.92. The minimum Gasteiger partial charge on any atom is -0.351 e. The molecule has 0 fully saturated rings. The molecule has 2 aromatic heterocycles. The van der Waals surface area contributed by atoms with E-state index < -0.39 is 0 Å². The van der Waals surface area contributed by atoms with Crippen molar-refractivity contribution in [1.29, 1.82) is 0 Å². The van der Waals surface area contributed by atoms with E-state index in [1.54, 1.807) is 17.5 Å². The van der Waals surface area contributed by atoms with Crippen LogP contribution < -0.4 is 5.32 Å². The summed E-state index contributed by atoms with van der Waals surface area (Å²) in [5.74, 6) is 0.0601. The number of rotatable bonds is 4. The van der Waals surface area contributed by atoms with E-state index >= 15 is 0 Å². The van der Waals surface area contributed by atoms with Crippen LogP contribution in [-0.2, 0) is 11.2 Å². The first kappa shape index (κ1) is 14.7. The molecule has 4 nitrogen and oxygen atoms in total. The van der Waals surface area contributed by atoms with Crippen LogP contribution in [0.3, 0.4) is 0 Å². The average molecular weight is 289 g/mol. The Morgan fingerprint density at radius 1 is 1.35 bits per heavy atom. The van der Waals surface area contributed by atoms with Gasteiger partial charge < -0.3 is 5.32 Å². The molecule has 106 valence electrons. The van der Waals surface area contributed by atoms with E-state index in [0.29, 0.717) is 12.8 Å². The van der Waals surface area contributed by atoms with Crippen molar-refractivity contribution in [2.24, 2.45) is 0 Å². The molecular weight excluding hydrogens is 270 g/mol. The SMILES string of the molecule is CC(C)(C)NC(=O)CCc1csc(-c2ccccn2)n1. The predicted molar refractivity (Wildman–Crippen MR) is 81.6 cm³/mol. The quantitative estimate of drug-likeness (QED) is 0.941. The lowest BCUT2D eigenvalue weighted by Crippen LogP contribution is -2.40. The Hall–Kier alpha value is -1.75. The van der Waals surface area contributed by atoms with E-state index in [1.165, 1.54) is 0 Å². The topological polar surface area (TPSA) is 54.9 Å². The first-order chi connectivity index (χ1) is 9.44. The molecule has 20 heavy (non-hydrogen) atoms. The highest BCUT2D eigenvalue weighted by molar-refractivity contribution is 7.13. The van der Waals surface area contributed by atoms with E-state index in [9.17, 15) is 4.79 Å². The summed E-state index contributed by atoms with van der Waals surface area (Å²) in [6.07, 6.45) is 2.88. The molecule has 1 N–H and O–H groups in total. The maximum Gasteiger partial charge on any atom is 0.220 e. The van der Waals surface area contributed by atoms with Gasteiger partial charge in [0.25, 0.3) is 0 Å². The number of nitrogens with zero attached hydrogens (tertiary/aromatic N) is 2. The minimum atomic E-state index is -0.182. The lowest BCUT2D eigenvalue weighted by atomic mass is 10.1. The zero-order valence-electron chi connectivity index (χ0n) is 12.0. The molecule has 0 spiro atoms. The summed E-state index contributed by atoms with van der Waals surface area (Å²) >= 11 is 1.56. The normalized spacial score (nSPS) is 11.3. The van der Waals surface area contributed by atoms with Crippen molar-refractivity contribution in [3.8, 4) is 10.7 Å². The molecule has 0 atom stereocenters. The van der Waals surface area contributed by atoms with Gasteiger partial charge in [0.2, 0.25) is 5.91 Å². The van der Waals surface area contributed by atoms with E-state index in [0.717, 1.165) is 16.4 Å². The van der Waals surface area contributed by atoms with Gasteiger partial charge in [-0.1, -0.05) is 6.07 Å². The summed E-state index contributed by atoms with van der Waals surface area (Å²) in [5, 5.41) is 5.85. The van der Waals surface area contributed by atoms with Crippen molar-refractivity contribution < 1.29 is 4.79 Å². The molecule has 0 radical (unpaired) electrons. The van der Waals surface area contributed by atoms with Gasteiger partial charge in [0.15, 0.2) is 0 Å². The van der Waals surface area contributed by atoms with Crippen LogP contribution in [0, 0.1) is 0 Å². The Morgan fingerprint density at radius 2 is 2.15 bits per heavy atom. The fraction of sp³-hybridized carbons (Fsp3) is 0.400. The lowest BCUT2D eigenvalue weighted by Gasteiger charge is -2.20. The highest BCUT2D eigenvalue weighted by atomic mass is 32.1. The maximum atomic E-state index is 11.8. The number of pyridine rings is 1. The van der Waals surface area contributed by atoms with Crippen molar-refractivity contribution in [2.75, 3.05) is 0 Å². The van der Waals surface area contributed by atoms with Crippen LogP contribution in [-0.4, -0.2) is 21.4 Å². The number of thiazole rings is 1. The minimum absolute atomic E-state index is 0.0601. The van der Waals surface area contributed by atoms with Crippen LogP contribution in [0.4, 0.5) is 0 Å². The van der Waals surface area contributed by atoms with Crippen LogP contribution in [0.15, 0.2) is 29.8 Å². The Bertz CT molecular complexity index is 572. The highest BCUT2D eigenvalue weighted by Crippen LogP contribution is 2.21. The summed E-state index contributed by atoms with van der Waals surface area (Å²) in [6, 6.07) is 5.77. The number of carbonyl (C=O) groups is 1. The molecule has 0 bridgehead atoms. The van der Waals surface area contributed by atoms with Gasteiger partial charge in [0.1, 0.15) is 5.01 Å². The number of hydrogen-bond donors (Lipinski definition) is 1. The summed E-state index contributed by atoms with van der Waals surface area (Å²) in [5.41, 5.74) is 1.64. The molecule has 2 rings (SSSR count). The van der Waals surface area contributed by atoms with Gasteiger partial charge in [-0.05, 0) is 39.3 Å². The number of carbonyl (C=O) groups excluding carboxylic acids is 1. The largest absolute Gasteiger partial charge is 0.351 e. The second kappa shape index (κ2) is 6.13. The molecule has 0 aliphatic rings. The monoisotopic (exact) mass is 289 g/mol. The van der Waals surface area contributed by atoms with Crippen molar-refractivity contribution in [3.63, 3.8) is 0 Å². The van der Waals surface area contributed by atoms with E-state index in [2.05, 4.69) is 15.3 Å². The van der Waals surface area contributed by atoms with Crippen LogP contribution in [0.5, 0.6) is 0 Å². The van der Waals surface area contributed by atoms with Crippen molar-refractivity contribution >= 4 is 17.2 Å². The van der Waals surface area contributed by atoms with Crippen molar-refractivity contribution in [3.05, 3.63) is 35.5 Å². The average Bonchev–Trinajstić information content (AvgIpc) is 2.84. The fourth-order valence-corrected chi connectivity index (χ4v) is 2.58. The third kappa shape index (κ3) is 4.42. The molecule has 0 saturated carbocycles. The summed E-state index contributed by atoms with van der Waals surface area (Å²) in [4.78, 5) is 20.6. The lowest BCUT2D eigenvalue weighted by molar-refractivity contribution is -0.122. The van der Waals surface area contributed by atoms with Gasteiger partial charge in [0.05, 0.1) is 11.4 Å². The molecule has 2 aromatic rings. The number of nitrogens with one attached hydrogen (secondary N) is 1. The number of amides is 1. The second-order valence-corrected chi connectivity index (χ2v) is 6.52. The molecule has 5 heteroatoms. The van der Waals surface area contributed by atoms with Crippen molar-refractivity contribution in [2.45, 2.75) is 39.2 Å². The Labute approximate surface area is 123 Å². The third-order valence-electron chi connectivity index (χ3n) is 2.56. The summed E-state index contributed by atoms with van der Waals surface area (Å²) in [7, 11) is 0. The molecule has 2 heterocycles. The zero-order valence-corrected chi connectivity index (χ0v) is 12.8. The van der Waals surface area contributed by atoms with Crippen LogP contribution in [0.1, 0.15) is 32.9 Å². The number of aryl methyl sites for hydroxylation is 1. The van der Waals surface area contributed by atoms with Gasteiger partial charge in [-0.15, -0.1) is 11.3 Å². The van der Waals surface area contributed by atoms with E-state index in [-0.39, 0.29) is 11.4 Å². The Kier molecular flexibility index (Phi) is 4.49. The van der Waals surface area contributed by atoms with Crippen LogP contribution >= 0.6 is 11.3 Å². The van der Waals surface area contributed by atoms with E-state index in [4.69, 9.17) is 0 Å². The maximum absolute atomic E-state index is 11.8. The predicted octanol–water partition coefficient (Wildman–Crippen LogP) is 3.05. The molecule has 0 unspecified atom stereocenters. The van der Waals surface area contributed by atoms with E-state index in [1.807, 2.05) is 44.4 Å². The molecule has 1 amide bonds. The standard InChI is InChI=1S/C15H19N3OS/c1-15(2,3)18-13(19)8-7-11-10-20-14(17-11)12-6-4-5-9-16-12/h4-6,9-10H,7-8H2,1-3H3,(H,18,19). The van der Waals surface area contributed by atoms with Gasteiger partial charge in [-0.3, -0.25) is 9.78 Å². The van der Waals surface area contributed by atoms with Crippen LogP contribution in [0.25, 0.3) is 10.7 Å². The third-order valence-corrected chi connectivity index (χ3v) is 3.47. The summed E-state index contributed by atoms with van der Waals surface area (Å²) < 4.78 is 0. The van der Waals surface area contributed by atoms with Crippen molar-refractivity contribution in [1.82, 2.24) is 15.3 Å². The molecule has 0 saturated heterocycles. The van der Waals surface area contributed by atoms with Gasteiger partial charge >= 0.3 is 0 Å². The van der Waals surface area contributed by atoms with Gasteiger partial charge in [-0.2, -0.15) is 0 Å². The molecule has 0 aliphatic heterocycles. The number of hydrogen-bond acceptors (Lipinski definition) is 4. The first-order valence-corrected chi connectivity index (χ1v) is 7.49. The zero-order chi connectivity index (χ0) is 14.6. The molecule has 0 aromatic carbocycles. The molecular formula is C15H19N3OS. The highest BCUT2D eigenvalue weighted by Gasteiger charge is 2.14. The van der Waals surface area contributed by atoms with Gasteiger partial charge in [0, 0.05) is 23.5 Å². The number of aromatic nitrogens is 2. The smallest absolute Gasteiger partial charge is 0.220 e. The molecule has 0 aliphatic carbocycles. The second-order valence-electron chi connectivity index (χ2n) is 5.66. The van der Waals surface area contributed by atoms with Crippen LogP contribution in [0.2, 0.25) is 0 Å². The first-order valence-electron chi connectivity index (χ1n) is 6.61.